The van der Waals surface area contributed by atoms with Crippen LogP contribution in [0.3, 0.4) is 0 Å². The molecule has 0 spiro atoms. The fourth-order valence-corrected chi connectivity index (χ4v) is 5.04. The van der Waals surface area contributed by atoms with E-state index in [4.69, 9.17) is 10.7 Å². The second-order valence-corrected chi connectivity index (χ2v) is 9.93. The molecule has 0 fully saturated rings. The number of thiazole rings is 1. The van der Waals surface area contributed by atoms with Crippen molar-refractivity contribution in [2.75, 3.05) is 10.5 Å². The summed E-state index contributed by atoms with van der Waals surface area (Å²) in [6, 6.07) is 21.6. The van der Waals surface area contributed by atoms with Crippen LogP contribution in [0.2, 0.25) is 0 Å². The van der Waals surface area contributed by atoms with E-state index in [0.717, 1.165) is 26.7 Å². The number of sulfonamides is 1. The third-order valence-corrected chi connectivity index (χ3v) is 7.11. The monoisotopic (exact) mass is 435 g/mol. The number of hydrogen-bond acceptors (Lipinski definition) is 5. The van der Waals surface area contributed by atoms with Crippen molar-refractivity contribution in [3.63, 3.8) is 0 Å². The Hall–Kier alpha value is -3.16. The summed E-state index contributed by atoms with van der Waals surface area (Å²) >= 11 is 1.65. The Kier molecular flexibility index (Phi) is 5.32. The molecule has 0 aliphatic rings. The molecule has 7 heteroatoms. The Balaban J connectivity index is 1.57. The number of aromatic nitrogens is 1. The number of nitrogens with zero attached hydrogens (tertiary/aromatic N) is 1. The summed E-state index contributed by atoms with van der Waals surface area (Å²) in [5, 5.41) is 0.968. The lowest BCUT2D eigenvalue weighted by atomic mass is 10.1. The van der Waals surface area contributed by atoms with Gasteiger partial charge in [0.15, 0.2) is 0 Å². The zero-order valence-electron chi connectivity index (χ0n) is 16.6. The molecule has 0 radical (unpaired) electrons. The van der Waals surface area contributed by atoms with Gasteiger partial charge in [-0.3, -0.25) is 4.72 Å². The van der Waals surface area contributed by atoms with Gasteiger partial charge in [0.1, 0.15) is 5.01 Å². The highest BCUT2D eigenvalue weighted by Crippen LogP contribution is 2.34. The number of nitrogens with two attached hydrogens (primary N) is 1. The van der Waals surface area contributed by atoms with Crippen LogP contribution in [0, 0.1) is 13.8 Å². The summed E-state index contributed by atoms with van der Waals surface area (Å²) < 4.78 is 27.7. The minimum absolute atomic E-state index is 0.166. The molecule has 152 valence electrons. The van der Waals surface area contributed by atoms with E-state index >= 15 is 0 Å². The summed E-state index contributed by atoms with van der Waals surface area (Å²) in [4.78, 5) is 6.09. The predicted octanol–water partition coefficient (Wildman–Crippen LogP) is 5.48. The molecule has 1 aromatic heterocycles. The average Bonchev–Trinajstić information content (AvgIpc) is 3.11. The Labute approximate surface area is 180 Å². The molecule has 0 aliphatic carbocycles. The van der Waals surface area contributed by atoms with Gasteiger partial charge in [0, 0.05) is 27.4 Å². The van der Waals surface area contributed by atoms with Gasteiger partial charge in [-0.15, -0.1) is 11.3 Å². The maximum atomic E-state index is 12.5. The first kappa shape index (κ1) is 20.1. The Morgan fingerprint density at radius 1 is 0.833 bits per heavy atom. The number of rotatable bonds is 5. The molecule has 0 saturated carbocycles. The van der Waals surface area contributed by atoms with Crippen LogP contribution >= 0.6 is 11.3 Å². The third kappa shape index (κ3) is 4.22. The molecule has 4 aromatic rings. The van der Waals surface area contributed by atoms with E-state index in [2.05, 4.69) is 35.9 Å². The average molecular weight is 436 g/mol. The number of nitrogen functional groups attached to an aromatic ring is 1. The molecule has 0 atom stereocenters. The normalized spacial score (nSPS) is 11.4. The highest BCUT2D eigenvalue weighted by Gasteiger charge is 2.15. The van der Waals surface area contributed by atoms with E-state index in [1.807, 2.05) is 19.1 Å². The van der Waals surface area contributed by atoms with Crippen LogP contribution in [-0.2, 0) is 10.0 Å². The summed E-state index contributed by atoms with van der Waals surface area (Å²) in [6.45, 7) is 4.10. The highest BCUT2D eigenvalue weighted by atomic mass is 32.2. The molecular formula is C23H21N3O2S2. The third-order valence-electron chi connectivity index (χ3n) is 4.70. The van der Waals surface area contributed by atoms with E-state index < -0.39 is 10.0 Å². The molecule has 3 aromatic carbocycles. The van der Waals surface area contributed by atoms with E-state index in [0.29, 0.717) is 11.4 Å². The summed E-state index contributed by atoms with van der Waals surface area (Å²) in [6.07, 6.45) is 0. The van der Waals surface area contributed by atoms with Gasteiger partial charge in [-0.25, -0.2) is 13.4 Å². The summed E-state index contributed by atoms with van der Waals surface area (Å²) in [5.74, 6) is 0. The molecule has 1 heterocycles. The van der Waals surface area contributed by atoms with Crippen molar-refractivity contribution < 1.29 is 8.42 Å². The van der Waals surface area contributed by atoms with Crippen LogP contribution < -0.4 is 10.5 Å². The van der Waals surface area contributed by atoms with Gasteiger partial charge in [-0.2, -0.15) is 0 Å². The van der Waals surface area contributed by atoms with Crippen molar-refractivity contribution >= 4 is 32.7 Å². The maximum Gasteiger partial charge on any atom is 0.261 e. The molecule has 0 amide bonds. The van der Waals surface area contributed by atoms with Gasteiger partial charge in [0.05, 0.1) is 10.6 Å². The lowest BCUT2D eigenvalue weighted by Crippen LogP contribution is -2.12. The molecule has 3 N–H and O–H groups in total. The van der Waals surface area contributed by atoms with Crippen molar-refractivity contribution in [3.05, 3.63) is 83.2 Å². The fourth-order valence-electron chi connectivity index (χ4n) is 3.04. The molecule has 5 nitrogen and oxygen atoms in total. The zero-order chi connectivity index (χ0) is 21.3. The first-order chi connectivity index (χ1) is 14.3. The quantitative estimate of drug-likeness (QED) is 0.407. The standard InChI is InChI=1S/C23H21N3O2S2/c1-15-3-5-18(6-4-15)23-25-22(16(2)29-23)17-7-11-20(12-8-17)26-30(27,28)21-13-9-19(24)10-14-21/h3-14,26H,24H2,1-2H3. The van der Waals surface area contributed by atoms with Crippen LogP contribution in [0.25, 0.3) is 21.8 Å². The smallest absolute Gasteiger partial charge is 0.261 e. The molecule has 0 saturated heterocycles. The number of anilines is 2. The first-order valence-electron chi connectivity index (χ1n) is 9.35. The Morgan fingerprint density at radius 3 is 2.07 bits per heavy atom. The van der Waals surface area contributed by atoms with Crippen molar-refractivity contribution in [3.8, 4) is 21.8 Å². The first-order valence-corrected chi connectivity index (χ1v) is 11.6. The zero-order valence-corrected chi connectivity index (χ0v) is 18.2. The molecular weight excluding hydrogens is 414 g/mol. The van der Waals surface area contributed by atoms with E-state index in [1.165, 1.54) is 17.7 Å². The Morgan fingerprint density at radius 2 is 1.43 bits per heavy atom. The fraction of sp³-hybridized carbons (Fsp3) is 0.0870. The van der Waals surface area contributed by atoms with Gasteiger partial charge < -0.3 is 5.73 Å². The predicted molar refractivity (Wildman–Crippen MR) is 124 cm³/mol. The van der Waals surface area contributed by atoms with Crippen LogP contribution in [-0.4, -0.2) is 13.4 Å². The minimum atomic E-state index is -3.67. The number of benzene rings is 3. The summed E-state index contributed by atoms with van der Waals surface area (Å²) in [5.41, 5.74) is 10.8. The van der Waals surface area contributed by atoms with Crippen LogP contribution in [0.5, 0.6) is 0 Å². The lowest BCUT2D eigenvalue weighted by Gasteiger charge is -2.09. The Bertz CT molecular complexity index is 1280. The van der Waals surface area contributed by atoms with Crippen molar-refractivity contribution in [1.29, 1.82) is 0 Å². The SMILES string of the molecule is Cc1ccc(-c2nc(-c3ccc(NS(=O)(=O)c4ccc(N)cc4)cc3)c(C)s2)cc1. The van der Waals surface area contributed by atoms with Crippen molar-refractivity contribution in [2.45, 2.75) is 18.7 Å². The largest absolute Gasteiger partial charge is 0.399 e. The molecule has 30 heavy (non-hydrogen) atoms. The molecule has 0 unspecified atom stereocenters. The number of nitrogens with one attached hydrogen (secondary N) is 1. The second-order valence-electron chi connectivity index (χ2n) is 7.04. The maximum absolute atomic E-state index is 12.5. The number of hydrogen-bond donors (Lipinski definition) is 2. The van der Waals surface area contributed by atoms with Gasteiger partial charge in [0.25, 0.3) is 10.0 Å². The van der Waals surface area contributed by atoms with Gasteiger partial charge in [0.2, 0.25) is 0 Å². The van der Waals surface area contributed by atoms with E-state index in [-0.39, 0.29) is 4.90 Å². The van der Waals surface area contributed by atoms with Crippen LogP contribution in [0.4, 0.5) is 11.4 Å². The topological polar surface area (TPSA) is 85.1 Å². The molecule has 0 bridgehead atoms. The van der Waals surface area contributed by atoms with Crippen molar-refractivity contribution in [2.24, 2.45) is 0 Å². The van der Waals surface area contributed by atoms with E-state index in [9.17, 15) is 8.42 Å². The van der Waals surface area contributed by atoms with E-state index in [1.54, 1.807) is 35.6 Å². The summed E-state index contributed by atoms with van der Waals surface area (Å²) in [7, 11) is -3.67. The van der Waals surface area contributed by atoms with Gasteiger partial charge in [-0.1, -0.05) is 42.0 Å². The van der Waals surface area contributed by atoms with Crippen LogP contribution in [0.15, 0.2) is 77.7 Å². The van der Waals surface area contributed by atoms with Crippen molar-refractivity contribution in [1.82, 2.24) is 4.98 Å². The lowest BCUT2D eigenvalue weighted by molar-refractivity contribution is 0.601. The van der Waals surface area contributed by atoms with Crippen LogP contribution in [0.1, 0.15) is 10.4 Å². The minimum Gasteiger partial charge on any atom is -0.399 e. The van der Waals surface area contributed by atoms with Gasteiger partial charge in [-0.05, 0) is 50.2 Å². The molecule has 0 aliphatic heterocycles. The number of aryl methyl sites for hydroxylation is 2. The van der Waals surface area contributed by atoms with Gasteiger partial charge >= 0.3 is 0 Å². The highest BCUT2D eigenvalue weighted by molar-refractivity contribution is 7.92. The second kappa shape index (κ2) is 7.93. The molecule has 4 rings (SSSR count).